The van der Waals surface area contributed by atoms with Crippen LogP contribution in [0.5, 0.6) is 0 Å². The molecule has 2 unspecified atom stereocenters. The fourth-order valence-corrected chi connectivity index (χ4v) is 1.57. The molecular weight excluding hydrogens is 134 g/mol. The molecule has 0 bridgehead atoms. The second-order valence-electron chi connectivity index (χ2n) is 3.54. The quantitative estimate of drug-likeness (QED) is 0.652. The van der Waals surface area contributed by atoms with Crippen LogP contribution in [-0.2, 0) is 0 Å². The van der Waals surface area contributed by atoms with Crippen molar-refractivity contribution in [3.05, 3.63) is 0 Å². The average Bonchev–Trinajstić information content (AvgIpc) is 2.05. The van der Waals surface area contributed by atoms with Crippen molar-refractivity contribution in [2.24, 2.45) is 17.6 Å². The normalized spacial score (nSPS) is 16.9. The monoisotopic (exact) mass is 157 g/mol. The molecule has 0 aliphatic heterocycles. The molecule has 0 saturated carbocycles. The van der Waals surface area contributed by atoms with Crippen molar-refractivity contribution in [1.82, 2.24) is 0 Å². The summed E-state index contributed by atoms with van der Waals surface area (Å²) in [6.45, 7) is 8.93. The predicted molar refractivity (Wildman–Crippen MR) is 51.5 cm³/mol. The zero-order valence-electron chi connectivity index (χ0n) is 8.43. The molecule has 0 aromatic rings. The Morgan fingerprint density at radius 1 is 1.00 bits per heavy atom. The van der Waals surface area contributed by atoms with E-state index in [1.165, 1.54) is 19.3 Å². The summed E-state index contributed by atoms with van der Waals surface area (Å²) in [6, 6.07) is 0.412. The van der Waals surface area contributed by atoms with Crippen molar-refractivity contribution in [3.8, 4) is 0 Å². The molecule has 1 heteroatoms. The minimum absolute atomic E-state index is 0.412. The standard InChI is InChI=1S/C10H23N/c1-5-8(4)10(11)9(6-2)7-3/h8-10H,5-7,11H2,1-4H3. The van der Waals surface area contributed by atoms with Crippen LogP contribution in [0.4, 0.5) is 0 Å². The van der Waals surface area contributed by atoms with E-state index in [-0.39, 0.29) is 0 Å². The number of hydrogen-bond acceptors (Lipinski definition) is 1. The van der Waals surface area contributed by atoms with Gasteiger partial charge in [-0.05, 0) is 11.8 Å². The van der Waals surface area contributed by atoms with Crippen molar-refractivity contribution in [3.63, 3.8) is 0 Å². The predicted octanol–water partition coefficient (Wildman–Crippen LogP) is 2.80. The molecule has 2 atom stereocenters. The summed E-state index contributed by atoms with van der Waals surface area (Å²) in [7, 11) is 0. The fourth-order valence-electron chi connectivity index (χ4n) is 1.57. The van der Waals surface area contributed by atoms with Gasteiger partial charge >= 0.3 is 0 Å². The lowest BCUT2D eigenvalue weighted by Crippen LogP contribution is -2.35. The van der Waals surface area contributed by atoms with E-state index in [4.69, 9.17) is 5.73 Å². The van der Waals surface area contributed by atoms with Crippen LogP contribution < -0.4 is 5.73 Å². The molecule has 11 heavy (non-hydrogen) atoms. The van der Waals surface area contributed by atoms with Crippen LogP contribution in [0.25, 0.3) is 0 Å². The highest BCUT2D eigenvalue weighted by molar-refractivity contribution is 4.75. The number of hydrogen-bond donors (Lipinski definition) is 1. The molecule has 0 aliphatic carbocycles. The minimum Gasteiger partial charge on any atom is -0.327 e. The van der Waals surface area contributed by atoms with Crippen molar-refractivity contribution >= 4 is 0 Å². The van der Waals surface area contributed by atoms with Crippen molar-refractivity contribution in [2.75, 3.05) is 0 Å². The summed E-state index contributed by atoms with van der Waals surface area (Å²) in [5.74, 6) is 1.41. The van der Waals surface area contributed by atoms with Crippen LogP contribution in [0.2, 0.25) is 0 Å². The Kier molecular flexibility index (Phi) is 5.57. The van der Waals surface area contributed by atoms with Crippen LogP contribution >= 0.6 is 0 Å². The summed E-state index contributed by atoms with van der Waals surface area (Å²) in [5.41, 5.74) is 6.09. The van der Waals surface area contributed by atoms with Crippen LogP contribution in [0, 0.1) is 11.8 Å². The van der Waals surface area contributed by atoms with Gasteiger partial charge in [-0.3, -0.25) is 0 Å². The molecule has 0 fully saturated rings. The molecule has 1 nitrogen and oxygen atoms in total. The first kappa shape index (κ1) is 11.0. The molecule has 0 saturated heterocycles. The smallest absolute Gasteiger partial charge is 0.00926 e. The highest BCUT2D eigenvalue weighted by Crippen LogP contribution is 2.19. The lowest BCUT2D eigenvalue weighted by atomic mass is 9.85. The second-order valence-corrected chi connectivity index (χ2v) is 3.54. The van der Waals surface area contributed by atoms with Gasteiger partial charge in [0.2, 0.25) is 0 Å². The van der Waals surface area contributed by atoms with Gasteiger partial charge in [0.15, 0.2) is 0 Å². The first-order chi connectivity index (χ1) is 5.17. The first-order valence-corrected chi connectivity index (χ1v) is 4.92. The minimum atomic E-state index is 0.412. The third-order valence-electron chi connectivity index (χ3n) is 2.89. The Hall–Kier alpha value is -0.0400. The maximum absolute atomic E-state index is 6.09. The Labute approximate surface area is 71.4 Å². The highest BCUT2D eigenvalue weighted by atomic mass is 14.7. The summed E-state index contributed by atoms with van der Waals surface area (Å²) in [5, 5.41) is 0. The summed E-state index contributed by atoms with van der Waals surface area (Å²) in [4.78, 5) is 0. The van der Waals surface area contributed by atoms with Gasteiger partial charge in [0, 0.05) is 6.04 Å². The Bertz CT molecular complexity index is 86.9. The Morgan fingerprint density at radius 2 is 1.45 bits per heavy atom. The third kappa shape index (κ3) is 3.24. The van der Waals surface area contributed by atoms with E-state index < -0.39 is 0 Å². The molecule has 0 radical (unpaired) electrons. The lowest BCUT2D eigenvalue weighted by molar-refractivity contribution is 0.303. The van der Waals surface area contributed by atoms with Gasteiger partial charge in [-0.1, -0.05) is 47.0 Å². The molecule has 0 rings (SSSR count). The van der Waals surface area contributed by atoms with E-state index in [0.717, 1.165) is 5.92 Å². The van der Waals surface area contributed by atoms with Crippen LogP contribution in [-0.4, -0.2) is 6.04 Å². The van der Waals surface area contributed by atoms with E-state index in [1.54, 1.807) is 0 Å². The van der Waals surface area contributed by atoms with Gasteiger partial charge in [-0.15, -0.1) is 0 Å². The molecule has 0 aliphatic rings. The summed E-state index contributed by atoms with van der Waals surface area (Å²) < 4.78 is 0. The van der Waals surface area contributed by atoms with Gasteiger partial charge in [0.25, 0.3) is 0 Å². The molecule has 0 amide bonds. The largest absolute Gasteiger partial charge is 0.327 e. The molecule has 2 N–H and O–H groups in total. The van der Waals surface area contributed by atoms with Crippen LogP contribution in [0.3, 0.4) is 0 Å². The van der Waals surface area contributed by atoms with Gasteiger partial charge in [-0.25, -0.2) is 0 Å². The van der Waals surface area contributed by atoms with Crippen LogP contribution in [0.15, 0.2) is 0 Å². The molecule has 68 valence electrons. The highest BCUT2D eigenvalue weighted by Gasteiger charge is 2.18. The molecular formula is C10H23N. The molecule has 0 spiro atoms. The maximum Gasteiger partial charge on any atom is 0.00926 e. The van der Waals surface area contributed by atoms with Gasteiger partial charge in [0.05, 0.1) is 0 Å². The van der Waals surface area contributed by atoms with Crippen molar-refractivity contribution in [2.45, 2.75) is 53.0 Å². The van der Waals surface area contributed by atoms with Crippen LogP contribution in [0.1, 0.15) is 47.0 Å². The van der Waals surface area contributed by atoms with E-state index in [2.05, 4.69) is 27.7 Å². The zero-order valence-corrected chi connectivity index (χ0v) is 8.43. The number of nitrogens with two attached hydrogens (primary N) is 1. The SMILES string of the molecule is CCC(C)C(N)C(CC)CC. The maximum atomic E-state index is 6.09. The van der Waals surface area contributed by atoms with Gasteiger partial charge in [0.1, 0.15) is 0 Å². The number of rotatable bonds is 5. The van der Waals surface area contributed by atoms with Gasteiger partial charge in [-0.2, -0.15) is 0 Å². The third-order valence-corrected chi connectivity index (χ3v) is 2.89. The van der Waals surface area contributed by atoms with Crippen molar-refractivity contribution in [1.29, 1.82) is 0 Å². The van der Waals surface area contributed by atoms with Crippen molar-refractivity contribution < 1.29 is 0 Å². The molecule has 0 aromatic heterocycles. The van der Waals surface area contributed by atoms with E-state index in [1.807, 2.05) is 0 Å². The topological polar surface area (TPSA) is 26.0 Å². The molecule has 0 heterocycles. The average molecular weight is 157 g/mol. The van der Waals surface area contributed by atoms with E-state index in [0.29, 0.717) is 12.0 Å². The second kappa shape index (κ2) is 5.59. The van der Waals surface area contributed by atoms with Gasteiger partial charge < -0.3 is 5.73 Å². The molecule has 0 aromatic carbocycles. The van der Waals surface area contributed by atoms with E-state index >= 15 is 0 Å². The summed E-state index contributed by atoms with van der Waals surface area (Å²) >= 11 is 0. The van der Waals surface area contributed by atoms with E-state index in [9.17, 15) is 0 Å². The first-order valence-electron chi connectivity index (χ1n) is 4.92. The lowest BCUT2D eigenvalue weighted by Gasteiger charge is -2.26. The summed E-state index contributed by atoms with van der Waals surface area (Å²) in [6.07, 6.45) is 3.65. The zero-order chi connectivity index (χ0) is 8.85. The fraction of sp³-hybridized carbons (Fsp3) is 1.00. The Balaban J connectivity index is 3.86. The Morgan fingerprint density at radius 3 is 1.73 bits per heavy atom.